The molecule has 0 unspecified atom stereocenters. The van der Waals surface area contributed by atoms with Crippen LogP contribution in [-0.2, 0) is 0 Å². The summed E-state index contributed by atoms with van der Waals surface area (Å²) in [6.45, 7) is 0. The molecule has 2 nitrogen and oxygen atoms in total. The van der Waals surface area contributed by atoms with Gasteiger partial charge in [0.15, 0.2) is 0 Å². The molecule has 3 aliphatic rings. The van der Waals surface area contributed by atoms with E-state index in [0.29, 0.717) is 5.41 Å². The molecule has 3 fully saturated rings. The fraction of sp³-hybridized carbons (Fsp3) is 1.00. The molecular weight excluding hydrogens is 172 g/mol. The van der Waals surface area contributed by atoms with E-state index in [9.17, 15) is 0 Å². The molecule has 0 aromatic heterocycles. The van der Waals surface area contributed by atoms with Crippen LogP contribution in [0.4, 0.5) is 0 Å². The Morgan fingerprint density at radius 2 is 1.64 bits per heavy atom. The van der Waals surface area contributed by atoms with E-state index in [4.69, 9.17) is 11.5 Å². The summed E-state index contributed by atoms with van der Waals surface area (Å²) >= 11 is 0. The second-order valence-electron chi connectivity index (χ2n) is 5.54. The van der Waals surface area contributed by atoms with E-state index in [1.54, 1.807) is 0 Å². The van der Waals surface area contributed by atoms with Gasteiger partial charge in [-0.15, -0.1) is 0 Å². The third-order valence-electron chi connectivity index (χ3n) is 4.49. The SMILES string of the molecule is NC(N)CCCC12CCC(CC1)CC2. The summed E-state index contributed by atoms with van der Waals surface area (Å²) in [6.07, 6.45) is 12.5. The molecule has 3 saturated carbocycles. The van der Waals surface area contributed by atoms with Crippen LogP contribution in [0.3, 0.4) is 0 Å². The highest BCUT2D eigenvalue weighted by Crippen LogP contribution is 2.52. The molecule has 82 valence electrons. The van der Waals surface area contributed by atoms with Crippen molar-refractivity contribution in [3.63, 3.8) is 0 Å². The molecule has 0 spiro atoms. The Bertz CT molecular complexity index is 167. The van der Waals surface area contributed by atoms with Crippen molar-refractivity contribution in [3.05, 3.63) is 0 Å². The van der Waals surface area contributed by atoms with Gasteiger partial charge in [0.1, 0.15) is 0 Å². The van der Waals surface area contributed by atoms with Gasteiger partial charge in [0, 0.05) is 0 Å². The van der Waals surface area contributed by atoms with Gasteiger partial charge >= 0.3 is 0 Å². The fourth-order valence-electron chi connectivity index (χ4n) is 3.43. The van der Waals surface area contributed by atoms with Gasteiger partial charge in [-0.05, 0) is 62.7 Å². The molecule has 0 radical (unpaired) electrons. The van der Waals surface area contributed by atoms with Gasteiger partial charge in [-0.2, -0.15) is 0 Å². The maximum absolute atomic E-state index is 5.58. The summed E-state index contributed by atoms with van der Waals surface area (Å²) in [6, 6.07) is 0. The lowest BCUT2D eigenvalue weighted by Gasteiger charge is -2.47. The lowest BCUT2D eigenvalue weighted by Crippen LogP contribution is -2.35. The second-order valence-corrected chi connectivity index (χ2v) is 5.54. The lowest BCUT2D eigenvalue weighted by molar-refractivity contribution is 0.0538. The Morgan fingerprint density at radius 3 is 2.14 bits per heavy atom. The highest BCUT2D eigenvalue weighted by Gasteiger charge is 2.39. The number of fused-ring (bicyclic) bond motifs is 3. The summed E-state index contributed by atoms with van der Waals surface area (Å²) in [5.41, 5.74) is 11.9. The molecule has 2 bridgehead atoms. The monoisotopic (exact) mass is 196 g/mol. The van der Waals surface area contributed by atoms with Crippen molar-refractivity contribution in [2.45, 2.75) is 64.0 Å². The number of rotatable bonds is 4. The van der Waals surface area contributed by atoms with Crippen LogP contribution in [0.25, 0.3) is 0 Å². The Balaban J connectivity index is 1.77. The summed E-state index contributed by atoms with van der Waals surface area (Å²) in [4.78, 5) is 0. The summed E-state index contributed by atoms with van der Waals surface area (Å²) in [5, 5.41) is 0. The molecule has 0 saturated heterocycles. The van der Waals surface area contributed by atoms with E-state index in [2.05, 4.69) is 0 Å². The first-order chi connectivity index (χ1) is 6.70. The van der Waals surface area contributed by atoms with Crippen LogP contribution in [-0.4, -0.2) is 6.17 Å². The minimum Gasteiger partial charge on any atom is -0.316 e. The first-order valence-corrected chi connectivity index (χ1v) is 6.21. The highest BCUT2D eigenvalue weighted by molar-refractivity contribution is 4.91. The Morgan fingerprint density at radius 1 is 1.07 bits per heavy atom. The number of hydrogen-bond donors (Lipinski definition) is 2. The van der Waals surface area contributed by atoms with Crippen LogP contribution in [0.15, 0.2) is 0 Å². The van der Waals surface area contributed by atoms with Crippen LogP contribution < -0.4 is 11.5 Å². The zero-order valence-electron chi connectivity index (χ0n) is 9.17. The quantitative estimate of drug-likeness (QED) is 0.678. The largest absolute Gasteiger partial charge is 0.316 e. The van der Waals surface area contributed by atoms with Crippen LogP contribution in [0.1, 0.15) is 57.8 Å². The van der Waals surface area contributed by atoms with E-state index in [-0.39, 0.29) is 6.17 Å². The predicted molar refractivity (Wildman–Crippen MR) is 59.6 cm³/mol. The first kappa shape index (κ1) is 10.4. The Labute approximate surface area is 87.4 Å². The predicted octanol–water partition coefficient (Wildman–Crippen LogP) is 2.37. The molecule has 0 aromatic carbocycles. The molecule has 0 atom stereocenters. The smallest absolute Gasteiger partial charge is 0.0520 e. The Hall–Kier alpha value is -0.0800. The normalized spacial score (nSPS) is 36.6. The van der Waals surface area contributed by atoms with E-state index in [0.717, 1.165) is 12.3 Å². The van der Waals surface area contributed by atoms with Gasteiger partial charge in [-0.3, -0.25) is 0 Å². The highest BCUT2D eigenvalue weighted by atomic mass is 14.8. The average Bonchev–Trinajstić information content (AvgIpc) is 2.19. The van der Waals surface area contributed by atoms with Crippen molar-refractivity contribution < 1.29 is 0 Å². The van der Waals surface area contributed by atoms with Gasteiger partial charge in [-0.25, -0.2) is 0 Å². The third kappa shape index (κ3) is 2.29. The molecule has 0 heterocycles. The zero-order chi connectivity index (χ0) is 10.0. The molecular formula is C12H24N2. The molecule has 3 aliphatic carbocycles. The molecule has 2 heteroatoms. The van der Waals surface area contributed by atoms with E-state index in [1.807, 2.05) is 0 Å². The van der Waals surface area contributed by atoms with Crippen LogP contribution in [0.5, 0.6) is 0 Å². The zero-order valence-corrected chi connectivity index (χ0v) is 9.17. The topological polar surface area (TPSA) is 52.0 Å². The molecule has 0 aromatic rings. The molecule has 0 aliphatic heterocycles. The van der Waals surface area contributed by atoms with Crippen molar-refractivity contribution in [1.29, 1.82) is 0 Å². The number of hydrogen-bond acceptors (Lipinski definition) is 2. The Kier molecular flexibility index (Phi) is 3.13. The van der Waals surface area contributed by atoms with Crippen molar-refractivity contribution in [1.82, 2.24) is 0 Å². The molecule has 3 rings (SSSR count). The van der Waals surface area contributed by atoms with Crippen LogP contribution in [0, 0.1) is 11.3 Å². The summed E-state index contributed by atoms with van der Waals surface area (Å²) in [7, 11) is 0. The number of nitrogens with two attached hydrogens (primary N) is 2. The van der Waals surface area contributed by atoms with Gasteiger partial charge in [-0.1, -0.05) is 6.42 Å². The van der Waals surface area contributed by atoms with Gasteiger partial charge in [0.25, 0.3) is 0 Å². The molecule has 0 amide bonds. The lowest BCUT2D eigenvalue weighted by atomic mass is 9.59. The fourth-order valence-corrected chi connectivity index (χ4v) is 3.43. The molecule has 4 N–H and O–H groups in total. The van der Waals surface area contributed by atoms with Crippen molar-refractivity contribution in [2.75, 3.05) is 0 Å². The van der Waals surface area contributed by atoms with Crippen LogP contribution >= 0.6 is 0 Å². The first-order valence-electron chi connectivity index (χ1n) is 6.21. The van der Waals surface area contributed by atoms with Crippen molar-refractivity contribution >= 4 is 0 Å². The minimum atomic E-state index is -0.0914. The van der Waals surface area contributed by atoms with Gasteiger partial charge in [0.05, 0.1) is 6.17 Å². The maximum atomic E-state index is 5.58. The molecule has 14 heavy (non-hydrogen) atoms. The van der Waals surface area contributed by atoms with Crippen molar-refractivity contribution in [3.8, 4) is 0 Å². The van der Waals surface area contributed by atoms with E-state index < -0.39 is 0 Å². The van der Waals surface area contributed by atoms with E-state index in [1.165, 1.54) is 51.4 Å². The van der Waals surface area contributed by atoms with Crippen molar-refractivity contribution in [2.24, 2.45) is 22.8 Å². The standard InChI is InChI=1S/C12H24N2/c13-11(14)2-1-6-12-7-3-10(4-8-12)5-9-12/h10-11H,1-9,13-14H2. The van der Waals surface area contributed by atoms with Gasteiger partial charge in [0.2, 0.25) is 0 Å². The minimum absolute atomic E-state index is 0.0914. The second kappa shape index (κ2) is 4.19. The van der Waals surface area contributed by atoms with Gasteiger partial charge < -0.3 is 11.5 Å². The summed E-state index contributed by atoms with van der Waals surface area (Å²) in [5.74, 6) is 1.08. The third-order valence-corrected chi connectivity index (χ3v) is 4.49. The average molecular weight is 196 g/mol. The van der Waals surface area contributed by atoms with E-state index >= 15 is 0 Å². The van der Waals surface area contributed by atoms with Crippen LogP contribution in [0.2, 0.25) is 0 Å². The maximum Gasteiger partial charge on any atom is 0.0520 e. The summed E-state index contributed by atoms with van der Waals surface area (Å²) < 4.78 is 0.